The summed E-state index contributed by atoms with van der Waals surface area (Å²) in [6, 6.07) is 0. The lowest BCUT2D eigenvalue weighted by molar-refractivity contribution is 0.193. The first-order valence-electron chi connectivity index (χ1n) is 7.77. The van der Waals surface area contributed by atoms with Crippen molar-refractivity contribution in [3.05, 3.63) is 0 Å². The molecular weight excluding hydrogens is 394 g/mol. The molecule has 0 N–H and O–H groups in total. The maximum absolute atomic E-state index is 13.1. The highest BCUT2D eigenvalue weighted by Crippen LogP contribution is 2.71. The Morgan fingerprint density at radius 3 is 1.41 bits per heavy atom. The summed E-state index contributed by atoms with van der Waals surface area (Å²) in [7, 11) is -7.16. The number of hydrogen-bond donors (Lipinski definition) is 0. The van der Waals surface area contributed by atoms with Crippen molar-refractivity contribution in [1.29, 1.82) is 0 Å². The van der Waals surface area contributed by atoms with Crippen LogP contribution in [0.1, 0.15) is 47.0 Å². The first-order chi connectivity index (χ1) is 10.4. The Hall–Kier alpha value is 0.780. The minimum atomic E-state index is -3.58. The van der Waals surface area contributed by atoms with Crippen molar-refractivity contribution < 1.29 is 27.2 Å². The second-order valence-electron chi connectivity index (χ2n) is 4.42. The first-order valence-corrected chi connectivity index (χ1v) is 12.1. The molecule has 0 atom stereocenters. The van der Waals surface area contributed by atoms with E-state index in [0.29, 0.717) is 6.42 Å². The maximum atomic E-state index is 13.1. The third-order valence-corrected chi connectivity index (χ3v) is 9.52. The molecule has 0 unspecified atom stereocenters. The van der Waals surface area contributed by atoms with Crippen molar-refractivity contribution in [2.24, 2.45) is 0 Å². The Balaban J connectivity index is 5.54. The third-order valence-electron chi connectivity index (χ3n) is 2.81. The van der Waals surface area contributed by atoms with E-state index in [1.165, 1.54) is 0 Å². The molecule has 22 heavy (non-hydrogen) atoms. The van der Waals surface area contributed by atoms with Gasteiger partial charge in [-0.3, -0.25) is 9.13 Å². The van der Waals surface area contributed by atoms with Crippen LogP contribution in [0.3, 0.4) is 0 Å². The molecular formula is C13H29BrO6P2. The summed E-state index contributed by atoms with van der Waals surface area (Å²) in [6.45, 7) is 7.77. The van der Waals surface area contributed by atoms with Gasteiger partial charge in [0.25, 0.3) is 0 Å². The van der Waals surface area contributed by atoms with Gasteiger partial charge in [-0.1, -0.05) is 22.4 Å². The van der Waals surface area contributed by atoms with Crippen LogP contribution in [0.2, 0.25) is 0 Å². The summed E-state index contributed by atoms with van der Waals surface area (Å²) in [6.07, 6.45) is 2.00. The Labute approximate surface area is 142 Å². The minimum Gasteiger partial charge on any atom is -0.308 e. The predicted octanol–water partition coefficient (Wildman–Crippen LogP) is 5.41. The van der Waals surface area contributed by atoms with Gasteiger partial charge in [0.05, 0.1) is 26.4 Å². The van der Waals surface area contributed by atoms with Crippen LogP contribution in [-0.4, -0.2) is 37.2 Å². The highest BCUT2D eigenvalue weighted by atomic mass is 79.9. The van der Waals surface area contributed by atoms with Crippen molar-refractivity contribution >= 4 is 31.1 Å². The fourth-order valence-corrected chi connectivity index (χ4v) is 7.91. The number of rotatable bonds is 14. The fraction of sp³-hybridized carbons (Fsp3) is 1.00. The average molecular weight is 423 g/mol. The van der Waals surface area contributed by atoms with Crippen LogP contribution < -0.4 is 0 Å². The van der Waals surface area contributed by atoms with E-state index in [1.54, 1.807) is 27.7 Å². The van der Waals surface area contributed by atoms with Crippen LogP contribution in [0.4, 0.5) is 0 Å². The standard InChI is InChI=1S/C13H29BrO6P2/c1-5-17-21(15,18-6-2)13(11-9-10-12-14)22(16,19-7-3)20-8-4/h13H,5-12H2,1-4H3. The summed E-state index contributed by atoms with van der Waals surface area (Å²) in [5, 5.41) is -0.0697. The molecule has 0 aliphatic heterocycles. The van der Waals surface area contributed by atoms with E-state index < -0.39 is 20.6 Å². The monoisotopic (exact) mass is 422 g/mol. The number of hydrogen-bond acceptors (Lipinski definition) is 6. The Kier molecular flexibility index (Phi) is 12.6. The predicted molar refractivity (Wildman–Crippen MR) is 93.2 cm³/mol. The second kappa shape index (κ2) is 12.2. The maximum Gasteiger partial charge on any atom is 0.345 e. The van der Waals surface area contributed by atoms with Gasteiger partial charge in [0.1, 0.15) is 0 Å². The van der Waals surface area contributed by atoms with Gasteiger partial charge in [-0.15, -0.1) is 0 Å². The Morgan fingerprint density at radius 1 is 0.773 bits per heavy atom. The van der Waals surface area contributed by atoms with Crippen molar-refractivity contribution in [3.8, 4) is 0 Å². The molecule has 0 aromatic heterocycles. The van der Waals surface area contributed by atoms with Gasteiger partial charge in [0.15, 0.2) is 5.40 Å². The van der Waals surface area contributed by atoms with Crippen molar-refractivity contribution in [3.63, 3.8) is 0 Å². The quantitative estimate of drug-likeness (QED) is 0.211. The van der Waals surface area contributed by atoms with Gasteiger partial charge in [-0.25, -0.2) is 0 Å². The van der Waals surface area contributed by atoms with Gasteiger partial charge in [-0.05, 0) is 40.5 Å². The molecule has 0 amide bonds. The number of alkyl halides is 1. The molecule has 0 fully saturated rings. The summed E-state index contributed by atoms with van der Waals surface area (Å²) >= 11 is 3.36. The number of halogens is 1. The first kappa shape index (κ1) is 22.8. The largest absolute Gasteiger partial charge is 0.345 e. The van der Waals surface area contributed by atoms with Crippen LogP contribution in [0.5, 0.6) is 0 Å². The molecule has 0 aliphatic carbocycles. The van der Waals surface area contributed by atoms with E-state index in [1.807, 2.05) is 0 Å². The Morgan fingerprint density at radius 2 is 1.14 bits per heavy atom. The van der Waals surface area contributed by atoms with Crippen LogP contribution in [0.25, 0.3) is 0 Å². The van der Waals surface area contributed by atoms with Gasteiger partial charge >= 0.3 is 15.2 Å². The lowest BCUT2D eigenvalue weighted by Crippen LogP contribution is -2.18. The smallest absolute Gasteiger partial charge is 0.308 e. The molecule has 0 aromatic carbocycles. The van der Waals surface area contributed by atoms with Crippen LogP contribution in [0, 0.1) is 0 Å². The van der Waals surface area contributed by atoms with Crippen LogP contribution in [-0.2, 0) is 27.2 Å². The molecule has 6 nitrogen and oxygen atoms in total. The molecule has 134 valence electrons. The van der Waals surface area contributed by atoms with Crippen LogP contribution in [0.15, 0.2) is 0 Å². The summed E-state index contributed by atoms with van der Waals surface area (Å²) in [5.41, 5.74) is 0. The molecule has 9 heteroatoms. The summed E-state index contributed by atoms with van der Waals surface area (Å²) in [4.78, 5) is 0. The average Bonchev–Trinajstić information content (AvgIpc) is 2.44. The van der Waals surface area contributed by atoms with E-state index in [2.05, 4.69) is 15.9 Å². The SMILES string of the molecule is CCOP(=O)(OCC)C(CCCCBr)P(=O)(OCC)OCC. The molecule has 0 saturated heterocycles. The summed E-state index contributed by atoms with van der Waals surface area (Å²) in [5.74, 6) is 0. The van der Waals surface area contributed by atoms with Crippen molar-refractivity contribution in [2.75, 3.05) is 31.8 Å². The molecule has 0 heterocycles. The normalized spacial score (nSPS) is 13.0. The fourth-order valence-electron chi connectivity index (χ4n) is 2.05. The molecule has 0 rings (SSSR count). The minimum absolute atomic E-state index is 0.213. The zero-order valence-electron chi connectivity index (χ0n) is 14.0. The molecule has 0 radical (unpaired) electrons. The highest BCUT2D eigenvalue weighted by Gasteiger charge is 2.50. The van der Waals surface area contributed by atoms with Gasteiger partial charge in [0, 0.05) is 5.33 Å². The van der Waals surface area contributed by atoms with E-state index in [-0.39, 0.29) is 26.4 Å². The van der Waals surface area contributed by atoms with E-state index in [4.69, 9.17) is 18.1 Å². The molecule has 0 aromatic rings. The lowest BCUT2D eigenvalue weighted by atomic mass is 10.3. The topological polar surface area (TPSA) is 71.1 Å². The molecule has 0 saturated carbocycles. The molecule has 0 spiro atoms. The molecule has 0 bridgehead atoms. The van der Waals surface area contributed by atoms with Crippen molar-refractivity contribution in [2.45, 2.75) is 52.4 Å². The Bertz CT molecular complexity index is 330. The zero-order valence-corrected chi connectivity index (χ0v) is 17.3. The zero-order chi connectivity index (χ0) is 17.1. The highest BCUT2D eigenvalue weighted by molar-refractivity contribution is 9.09. The van der Waals surface area contributed by atoms with E-state index in [9.17, 15) is 9.13 Å². The number of unbranched alkanes of at least 4 members (excludes halogenated alkanes) is 1. The third kappa shape index (κ3) is 7.12. The summed E-state index contributed by atoms with van der Waals surface area (Å²) < 4.78 is 47.8. The van der Waals surface area contributed by atoms with E-state index in [0.717, 1.165) is 18.2 Å². The van der Waals surface area contributed by atoms with E-state index >= 15 is 0 Å². The lowest BCUT2D eigenvalue weighted by Gasteiger charge is -2.31. The van der Waals surface area contributed by atoms with Gasteiger partial charge in [0.2, 0.25) is 0 Å². The van der Waals surface area contributed by atoms with Gasteiger partial charge in [-0.2, -0.15) is 0 Å². The van der Waals surface area contributed by atoms with Crippen molar-refractivity contribution in [1.82, 2.24) is 0 Å². The second-order valence-corrected chi connectivity index (χ2v) is 10.1. The molecule has 0 aliphatic rings. The van der Waals surface area contributed by atoms with Gasteiger partial charge < -0.3 is 18.1 Å². The van der Waals surface area contributed by atoms with Crippen LogP contribution >= 0.6 is 31.1 Å².